The highest BCUT2D eigenvalue weighted by Crippen LogP contribution is 2.36. The largest absolute Gasteiger partial charge is 0.493 e. The average Bonchev–Trinajstić information content (AvgIpc) is 3.32. The van der Waals surface area contributed by atoms with E-state index in [1.54, 1.807) is 18.2 Å². The van der Waals surface area contributed by atoms with E-state index in [0.29, 0.717) is 39.2 Å². The number of hydrogen-bond acceptors (Lipinski definition) is 8. The van der Waals surface area contributed by atoms with Crippen molar-refractivity contribution < 1.29 is 34.0 Å². The van der Waals surface area contributed by atoms with Crippen molar-refractivity contribution in [3.05, 3.63) is 32.9 Å². The molecule has 9 nitrogen and oxygen atoms in total. The summed E-state index contributed by atoms with van der Waals surface area (Å²) in [6.07, 6.45) is 2.91. The summed E-state index contributed by atoms with van der Waals surface area (Å²) in [5, 5.41) is 26.1. The maximum absolute atomic E-state index is 12.6. The van der Waals surface area contributed by atoms with E-state index in [-0.39, 0.29) is 25.2 Å². The van der Waals surface area contributed by atoms with E-state index in [4.69, 9.17) is 19.3 Å². The molecule has 176 valence electrons. The van der Waals surface area contributed by atoms with E-state index in [0.717, 1.165) is 25.7 Å². The number of carbonyl (C=O) groups is 2. The van der Waals surface area contributed by atoms with Crippen LogP contribution in [-0.2, 0) is 9.53 Å². The van der Waals surface area contributed by atoms with Gasteiger partial charge in [0.1, 0.15) is 18.5 Å². The zero-order chi connectivity index (χ0) is 23.1. The van der Waals surface area contributed by atoms with Crippen LogP contribution in [0.1, 0.15) is 29.6 Å². The van der Waals surface area contributed by atoms with Gasteiger partial charge in [-0.25, -0.2) is 0 Å². The lowest BCUT2D eigenvalue weighted by molar-refractivity contribution is -0.118. The molecule has 1 aliphatic heterocycles. The fourth-order valence-electron chi connectivity index (χ4n) is 3.85. The quantitative estimate of drug-likeness (QED) is 0.245. The molecule has 2 aliphatic rings. The fourth-order valence-corrected chi connectivity index (χ4v) is 4.60. The van der Waals surface area contributed by atoms with Crippen molar-refractivity contribution in [2.45, 2.75) is 43.6 Å². The Bertz CT molecular complexity index is 842. The fraction of sp³-hybridized carbons (Fsp3) is 0.545. The molecule has 0 aromatic heterocycles. The number of rotatable bonds is 10. The van der Waals surface area contributed by atoms with Crippen LogP contribution in [0.15, 0.2) is 23.8 Å². The SMILES string of the molecule is COc1cc(C=O)cc(I)c1O[C@H]1C=C(C(=O)NCCO)C[C@@H](NC[C@@H]2CCCO2)[C@@H]1O. The van der Waals surface area contributed by atoms with Gasteiger partial charge in [-0.05, 0) is 60.1 Å². The first-order valence-corrected chi connectivity index (χ1v) is 11.7. The molecule has 1 fully saturated rings. The lowest BCUT2D eigenvalue weighted by Gasteiger charge is -2.35. The second kappa shape index (κ2) is 11.9. The smallest absolute Gasteiger partial charge is 0.247 e. The van der Waals surface area contributed by atoms with Crippen LogP contribution in [0, 0.1) is 3.57 Å². The third-order valence-electron chi connectivity index (χ3n) is 5.52. The van der Waals surface area contributed by atoms with Gasteiger partial charge in [-0.15, -0.1) is 0 Å². The van der Waals surface area contributed by atoms with Crippen LogP contribution in [0.2, 0.25) is 0 Å². The van der Waals surface area contributed by atoms with Crippen LogP contribution in [0.25, 0.3) is 0 Å². The van der Waals surface area contributed by atoms with Crippen LogP contribution >= 0.6 is 22.6 Å². The third-order valence-corrected chi connectivity index (χ3v) is 6.32. The zero-order valence-electron chi connectivity index (χ0n) is 17.9. The highest BCUT2D eigenvalue weighted by Gasteiger charge is 2.36. The van der Waals surface area contributed by atoms with Crippen LogP contribution in [0.3, 0.4) is 0 Å². The second-order valence-electron chi connectivity index (χ2n) is 7.75. The van der Waals surface area contributed by atoms with Crippen molar-refractivity contribution in [2.75, 3.05) is 33.4 Å². The average molecular weight is 560 g/mol. The Morgan fingerprint density at radius 3 is 2.88 bits per heavy atom. The summed E-state index contributed by atoms with van der Waals surface area (Å²) >= 11 is 2.04. The predicted octanol–water partition coefficient (Wildman–Crippen LogP) is 0.796. The number of nitrogens with one attached hydrogen (secondary N) is 2. The number of aliphatic hydroxyl groups excluding tert-OH is 2. The molecule has 0 unspecified atom stereocenters. The first-order chi connectivity index (χ1) is 15.5. The first-order valence-electron chi connectivity index (χ1n) is 10.6. The van der Waals surface area contributed by atoms with Gasteiger partial charge in [-0.3, -0.25) is 9.59 Å². The highest BCUT2D eigenvalue weighted by molar-refractivity contribution is 14.1. The van der Waals surface area contributed by atoms with Crippen LogP contribution in [0.5, 0.6) is 11.5 Å². The summed E-state index contributed by atoms with van der Waals surface area (Å²) in [7, 11) is 1.47. The molecular weight excluding hydrogens is 531 g/mol. The van der Waals surface area contributed by atoms with Crippen LogP contribution < -0.4 is 20.1 Å². The molecule has 1 saturated heterocycles. The van der Waals surface area contributed by atoms with Crippen LogP contribution in [0.4, 0.5) is 0 Å². The number of aliphatic hydroxyl groups is 2. The van der Waals surface area contributed by atoms with Crippen molar-refractivity contribution in [2.24, 2.45) is 0 Å². The predicted molar refractivity (Wildman–Crippen MR) is 125 cm³/mol. The zero-order valence-corrected chi connectivity index (χ0v) is 20.0. The Balaban J connectivity index is 1.83. The normalized spacial score (nSPS) is 25.2. The number of amides is 1. The highest BCUT2D eigenvalue weighted by atomic mass is 127. The number of benzene rings is 1. The molecule has 0 saturated carbocycles. The summed E-state index contributed by atoms with van der Waals surface area (Å²) < 4.78 is 17.8. The van der Waals surface area contributed by atoms with Crippen molar-refractivity contribution >= 4 is 34.8 Å². The Morgan fingerprint density at radius 2 is 2.22 bits per heavy atom. The van der Waals surface area contributed by atoms with Crippen molar-refractivity contribution in [3.63, 3.8) is 0 Å². The molecule has 1 amide bonds. The lowest BCUT2D eigenvalue weighted by Crippen LogP contribution is -2.53. The molecule has 10 heteroatoms. The minimum atomic E-state index is -0.933. The number of carbonyl (C=O) groups excluding carboxylic acids is 2. The molecule has 1 aliphatic carbocycles. The molecule has 0 bridgehead atoms. The Kier molecular flexibility index (Phi) is 9.29. The van der Waals surface area contributed by atoms with E-state index in [1.807, 2.05) is 22.6 Å². The number of ether oxygens (including phenoxy) is 3. The van der Waals surface area contributed by atoms with E-state index < -0.39 is 18.2 Å². The first kappa shape index (κ1) is 24.9. The molecule has 1 heterocycles. The van der Waals surface area contributed by atoms with Gasteiger partial charge in [0.2, 0.25) is 5.91 Å². The summed E-state index contributed by atoms with van der Waals surface area (Å²) in [6, 6.07) is 2.79. The molecule has 1 aromatic carbocycles. The molecule has 4 N–H and O–H groups in total. The van der Waals surface area contributed by atoms with E-state index in [9.17, 15) is 14.7 Å². The van der Waals surface area contributed by atoms with Crippen molar-refractivity contribution in [1.29, 1.82) is 0 Å². The minimum absolute atomic E-state index is 0.0797. The van der Waals surface area contributed by atoms with E-state index >= 15 is 0 Å². The van der Waals surface area contributed by atoms with E-state index in [2.05, 4.69) is 10.6 Å². The van der Waals surface area contributed by atoms with Crippen molar-refractivity contribution in [1.82, 2.24) is 10.6 Å². The summed E-state index contributed by atoms with van der Waals surface area (Å²) in [5.74, 6) is 0.427. The lowest BCUT2D eigenvalue weighted by atomic mass is 9.89. The Labute approximate surface area is 200 Å². The molecular formula is C22H29IN2O7. The number of halogens is 1. The van der Waals surface area contributed by atoms with Gasteiger partial charge in [0, 0.05) is 36.9 Å². The number of aldehydes is 1. The number of hydrogen-bond donors (Lipinski definition) is 4. The standard InChI is InChI=1S/C22H29IN2O7/c1-30-19-8-13(12-27)7-16(23)21(19)32-18-10-14(22(29)24-4-5-26)9-17(20(18)28)25-11-15-3-2-6-31-15/h7-8,10,12,15,17-18,20,25-26,28H,2-6,9,11H2,1H3,(H,24,29)/t15-,17+,18-,20-/m0/s1. The van der Waals surface area contributed by atoms with Crippen LogP contribution in [-0.4, -0.2) is 80.2 Å². The topological polar surface area (TPSA) is 126 Å². The summed E-state index contributed by atoms with van der Waals surface area (Å²) in [5.41, 5.74) is 0.899. The number of methoxy groups -OCH3 is 1. The van der Waals surface area contributed by atoms with Gasteiger partial charge in [0.05, 0.1) is 23.4 Å². The monoisotopic (exact) mass is 560 g/mol. The van der Waals surface area contributed by atoms with Gasteiger partial charge < -0.3 is 35.1 Å². The summed E-state index contributed by atoms with van der Waals surface area (Å²) in [4.78, 5) is 23.8. The third kappa shape index (κ3) is 6.19. The molecule has 0 spiro atoms. The van der Waals surface area contributed by atoms with Crippen molar-refractivity contribution in [3.8, 4) is 11.5 Å². The second-order valence-corrected chi connectivity index (χ2v) is 8.91. The van der Waals surface area contributed by atoms with E-state index in [1.165, 1.54) is 7.11 Å². The maximum Gasteiger partial charge on any atom is 0.247 e. The van der Waals surface area contributed by atoms with Gasteiger partial charge in [0.25, 0.3) is 0 Å². The van der Waals surface area contributed by atoms with Gasteiger partial charge in [-0.2, -0.15) is 0 Å². The Morgan fingerprint density at radius 1 is 1.41 bits per heavy atom. The molecule has 0 radical (unpaired) electrons. The van der Waals surface area contributed by atoms with Gasteiger partial charge >= 0.3 is 0 Å². The molecule has 4 atom stereocenters. The molecule has 32 heavy (non-hydrogen) atoms. The minimum Gasteiger partial charge on any atom is -0.493 e. The Hall–Kier alpha value is -1.73. The molecule has 1 aromatic rings. The maximum atomic E-state index is 12.6. The summed E-state index contributed by atoms with van der Waals surface area (Å²) in [6.45, 7) is 1.27. The van der Waals surface area contributed by atoms with Gasteiger partial charge in [0.15, 0.2) is 11.5 Å². The van der Waals surface area contributed by atoms with Gasteiger partial charge in [-0.1, -0.05) is 0 Å². The molecule has 3 rings (SSSR count).